The van der Waals surface area contributed by atoms with Crippen molar-refractivity contribution in [2.45, 2.75) is 26.8 Å². The van der Waals surface area contributed by atoms with Crippen LogP contribution in [-0.2, 0) is 6.54 Å². The molecule has 0 N–H and O–H groups in total. The first-order valence-electron chi connectivity index (χ1n) is 8.92. The SMILES string of the molecule is Cc1cccc(OCCCn2c(-c3cccs3)nc3ccccc32)c1C. The van der Waals surface area contributed by atoms with Crippen LogP contribution in [-0.4, -0.2) is 16.2 Å². The van der Waals surface area contributed by atoms with Crippen LogP contribution in [0.15, 0.2) is 60.0 Å². The molecule has 0 aliphatic rings. The maximum absolute atomic E-state index is 6.03. The van der Waals surface area contributed by atoms with E-state index in [1.807, 2.05) is 12.1 Å². The van der Waals surface area contributed by atoms with E-state index in [-0.39, 0.29) is 0 Å². The standard InChI is InChI=1S/C22H22N2OS/c1-16-8-5-11-20(17(16)2)25-14-7-13-24-19-10-4-3-9-18(19)23-22(24)21-12-6-15-26-21/h3-6,8-12,15H,7,13-14H2,1-2H3. The Morgan fingerprint density at radius 1 is 1.00 bits per heavy atom. The maximum Gasteiger partial charge on any atom is 0.151 e. The number of benzene rings is 2. The van der Waals surface area contributed by atoms with Crippen LogP contribution in [0, 0.1) is 13.8 Å². The number of hydrogen-bond acceptors (Lipinski definition) is 3. The lowest BCUT2D eigenvalue weighted by atomic mass is 10.1. The molecule has 0 aliphatic heterocycles. The summed E-state index contributed by atoms with van der Waals surface area (Å²) in [4.78, 5) is 6.06. The quantitative estimate of drug-likeness (QED) is 0.402. The zero-order chi connectivity index (χ0) is 17.9. The highest BCUT2D eigenvalue weighted by atomic mass is 32.1. The van der Waals surface area contributed by atoms with Crippen molar-refractivity contribution in [3.63, 3.8) is 0 Å². The van der Waals surface area contributed by atoms with E-state index >= 15 is 0 Å². The van der Waals surface area contributed by atoms with Crippen LogP contribution < -0.4 is 4.74 Å². The fourth-order valence-corrected chi connectivity index (χ4v) is 3.90. The average Bonchev–Trinajstić information content (AvgIpc) is 3.30. The zero-order valence-electron chi connectivity index (χ0n) is 15.1. The summed E-state index contributed by atoms with van der Waals surface area (Å²) in [5.41, 5.74) is 4.72. The van der Waals surface area contributed by atoms with Gasteiger partial charge in [0.15, 0.2) is 5.82 Å². The fourth-order valence-electron chi connectivity index (χ4n) is 3.18. The summed E-state index contributed by atoms with van der Waals surface area (Å²) in [7, 11) is 0. The topological polar surface area (TPSA) is 27.1 Å². The molecular weight excluding hydrogens is 340 g/mol. The molecule has 2 aromatic heterocycles. The van der Waals surface area contributed by atoms with Crippen molar-refractivity contribution in [1.29, 1.82) is 0 Å². The number of ether oxygens (including phenoxy) is 1. The monoisotopic (exact) mass is 362 g/mol. The Labute approximate surface area is 157 Å². The first kappa shape index (κ1) is 16.9. The lowest BCUT2D eigenvalue weighted by molar-refractivity contribution is 0.301. The predicted octanol–water partition coefficient (Wildman–Crippen LogP) is 5.85. The maximum atomic E-state index is 6.03. The van der Waals surface area contributed by atoms with Gasteiger partial charge in [-0.3, -0.25) is 0 Å². The number of para-hydroxylation sites is 2. The Morgan fingerprint density at radius 3 is 2.73 bits per heavy atom. The molecule has 0 saturated heterocycles. The number of thiophene rings is 1. The highest BCUT2D eigenvalue weighted by Crippen LogP contribution is 2.28. The van der Waals surface area contributed by atoms with Gasteiger partial charge in [-0.15, -0.1) is 11.3 Å². The van der Waals surface area contributed by atoms with E-state index in [4.69, 9.17) is 9.72 Å². The van der Waals surface area contributed by atoms with E-state index < -0.39 is 0 Å². The van der Waals surface area contributed by atoms with Crippen LogP contribution in [0.2, 0.25) is 0 Å². The van der Waals surface area contributed by atoms with Gasteiger partial charge in [0.1, 0.15) is 5.75 Å². The highest BCUT2D eigenvalue weighted by Gasteiger charge is 2.13. The molecule has 0 spiro atoms. The minimum atomic E-state index is 0.695. The lowest BCUT2D eigenvalue weighted by Gasteiger charge is -2.12. The first-order valence-corrected chi connectivity index (χ1v) is 9.80. The summed E-state index contributed by atoms with van der Waals surface area (Å²) in [6, 6.07) is 18.8. The molecule has 2 aromatic carbocycles. The Hall–Kier alpha value is -2.59. The number of hydrogen-bond donors (Lipinski definition) is 0. The number of fused-ring (bicyclic) bond motifs is 1. The molecule has 4 heteroatoms. The van der Waals surface area contributed by atoms with Gasteiger partial charge in [0.25, 0.3) is 0 Å². The third-order valence-corrected chi connectivity index (χ3v) is 5.60. The van der Waals surface area contributed by atoms with Crippen molar-refractivity contribution < 1.29 is 4.74 Å². The van der Waals surface area contributed by atoms with Crippen molar-refractivity contribution in [2.75, 3.05) is 6.61 Å². The average molecular weight is 362 g/mol. The molecular formula is C22H22N2OS. The predicted molar refractivity (Wildman–Crippen MR) is 109 cm³/mol. The second-order valence-corrected chi connectivity index (χ2v) is 7.40. The Balaban J connectivity index is 1.52. The normalized spacial score (nSPS) is 11.2. The van der Waals surface area contributed by atoms with Gasteiger partial charge >= 0.3 is 0 Å². The Bertz CT molecular complexity index is 1020. The van der Waals surface area contributed by atoms with Crippen LogP contribution >= 0.6 is 11.3 Å². The van der Waals surface area contributed by atoms with E-state index in [1.54, 1.807) is 11.3 Å². The van der Waals surface area contributed by atoms with Gasteiger partial charge in [0.05, 0.1) is 22.5 Å². The molecule has 132 valence electrons. The van der Waals surface area contributed by atoms with Crippen molar-refractivity contribution in [1.82, 2.24) is 9.55 Å². The van der Waals surface area contributed by atoms with Crippen molar-refractivity contribution in [2.24, 2.45) is 0 Å². The molecule has 0 bridgehead atoms. The number of aromatic nitrogens is 2. The van der Waals surface area contributed by atoms with Crippen LogP contribution in [0.25, 0.3) is 21.7 Å². The highest BCUT2D eigenvalue weighted by molar-refractivity contribution is 7.13. The lowest BCUT2D eigenvalue weighted by Crippen LogP contribution is -2.06. The van der Waals surface area contributed by atoms with E-state index in [0.717, 1.165) is 30.1 Å². The largest absolute Gasteiger partial charge is 0.493 e. The molecule has 2 heterocycles. The van der Waals surface area contributed by atoms with Crippen molar-refractivity contribution in [3.8, 4) is 16.5 Å². The van der Waals surface area contributed by atoms with Crippen molar-refractivity contribution >= 4 is 22.4 Å². The minimum absolute atomic E-state index is 0.695. The summed E-state index contributed by atoms with van der Waals surface area (Å²) in [6.45, 7) is 5.81. The van der Waals surface area contributed by atoms with Gasteiger partial charge in [0.2, 0.25) is 0 Å². The van der Waals surface area contributed by atoms with Crippen molar-refractivity contribution in [3.05, 3.63) is 71.1 Å². The summed E-state index contributed by atoms with van der Waals surface area (Å²) >= 11 is 1.73. The molecule has 0 atom stereocenters. The van der Waals surface area contributed by atoms with Gasteiger partial charge in [-0.05, 0) is 61.0 Å². The molecule has 0 fully saturated rings. The van der Waals surface area contributed by atoms with Crippen LogP contribution in [0.1, 0.15) is 17.5 Å². The summed E-state index contributed by atoms with van der Waals surface area (Å²) in [5.74, 6) is 2.03. The van der Waals surface area contributed by atoms with Crippen LogP contribution in [0.5, 0.6) is 5.75 Å². The summed E-state index contributed by atoms with van der Waals surface area (Å²) in [6.07, 6.45) is 0.937. The smallest absolute Gasteiger partial charge is 0.151 e. The third-order valence-electron chi connectivity index (χ3n) is 4.73. The van der Waals surface area contributed by atoms with Gasteiger partial charge in [-0.25, -0.2) is 4.98 Å². The molecule has 0 saturated carbocycles. The summed E-state index contributed by atoms with van der Waals surface area (Å²) < 4.78 is 8.34. The van der Waals surface area contributed by atoms with Crippen LogP contribution in [0.3, 0.4) is 0 Å². The van der Waals surface area contributed by atoms with Gasteiger partial charge in [-0.1, -0.05) is 30.3 Å². The molecule has 0 radical (unpaired) electrons. The van der Waals surface area contributed by atoms with Gasteiger partial charge in [0, 0.05) is 6.54 Å². The number of aryl methyl sites for hydroxylation is 2. The van der Waals surface area contributed by atoms with Gasteiger partial charge in [-0.2, -0.15) is 0 Å². The molecule has 4 rings (SSSR count). The second kappa shape index (κ2) is 7.34. The zero-order valence-corrected chi connectivity index (χ0v) is 15.9. The first-order chi connectivity index (χ1) is 12.7. The van der Waals surface area contributed by atoms with E-state index in [2.05, 4.69) is 66.3 Å². The number of rotatable bonds is 6. The van der Waals surface area contributed by atoms with E-state index in [0.29, 0.717) is 6.61 Å². The molecule has 3 nitrogen and oxygen atoms in total. The third kappa shape index (κ3) is 3.25. The molecule has 26 heavy (non-hydrogen) atoms. The Kier molecular flexibility index (Phi) is 4.76. The number of imidazole rings is 1. The second-order valence-electron chi connectivity index (χ2n) is 6.45. The Morgan fingerprint density at radius 2 is 1.88 bits per heavy atom. The number of nitrogens with zero attached hydrogens (tertiary/aromatic N) is 2. The molecule has 0 amide bonds. The van der Waals surface area contributed by atoms with E-state index in [9.17, 15) is 0 Å². The van der Waals surface area contributed by atoms with Gasteiger partial charge < -0.3 is 9.30 Å². The fraction of sp³-hybridized carbons (Fsp3) is 0.227. The van der Waals surface area contributed by atoms with Crippen LogP contribution in [0.4, 0.5) is 0 Å². The molecule has 0 aliphatic carbocycles. The molecule has 4 aromatic rings. The molecule has 0 unspecified atom stereocenters. The minimum Gasteiger partial charge on any atom is -0.493 e. The summed E-state index contributed by atoms with van der Waals surface area (Å²) in [5, 5.41) is 2.10. The van der Waals surface area contributed by atoms with E-state index in [1.165, 1.54) is 21.5 Å².